The minimum absolute atomic E-state index is 0.0432. The fourth-order valence-electron chi connectivity index (χ4n) is 1.95. The predicted octanol–water partition coefficient (Wildman–Crippen LogP) is 1.81. The van der Waals surface area contributed by atoms with Crippen LogP contribution in [0.4, 0.5) is 5.82 Å². The Balaban J connectivity index is 3.11. The first-order valence-electron chi connectivity index (χ1n) is 6.97. The Morgan fingerprint density at radius 1 is 1.35 bits per heavy atom. The Hall–Kier alpha value is -1.62. The van der Waals surface area contributed by atoms with Crippen LogP contribution < -0.4 is 5.73 Å². The minimum Gasteiger partial charge on any atom is -0.395 e. The van der Waals surface area contributed by atoms with Crippen molar-refractivity contribution in [3.05, 3.63) is 23.4 Å². The molecule has 1 heterocycles. The first-order valence-corrected chi connectivity index (χ1v) is 6.97. The fraction of sp³-hybridized carbons (Fsp3) is 0.600. The van der Waals surface area contributed by atoms with E-state index < -0.39 is 0 Å². The monoisotopic (exact) mass is 279 g/mol. The molecule has 0 radical (unpaired) electrons. The van der Waals surface area contributed by atoms with E-state index in [0.717, 1.165) is 12.1 Å². The highest BCUT2D eigenvalue weighted by Gasteiger charge is 2.21. The van der Waals surface area contributed by atoms with Gasteiger partial charge in [-0.3, -0.25) is 4.79 Å². The van der Waals surface area contributed by atoms with Gasteiger partial charge in [0.1, 0.15) is 5.82 Å². The number of carbonyl (C=O) groups is 1. The van der Waals surface area contributed by atoms with Crippen LogP contribution in [-0.4, -0.2) is 40.6 Å². The number of hydrogen-bond acceptors (Lipinski definition) is 4. The molecule has 3 N–H and O–H groups in total. The van der Waals surface area contributed by atoms with Gasteiger partial charge in [-0.1, -0.05) is 27.7 Å². The Labute approximate surface area is 120 Å². The van der Waals surface area contributed by atoms with Gasteiger partial charge in [-0.2, -0.15) is 0 Å². The zero-order chi connectivity index (χ0) is 15.3. The van der Waals surface area contributed by atoms with E-state index in [1.165, 1.54) is 0 Å². The molecule has 0 aliphatic carbocycles. The predicted molar refractivity (Wildman–Crippen MR) is 80.6 cm³/mol. The van der Waals surface area contributed by atoms with Crippen molar-refractivity contribution in [3.63, 3.8) is 0 Å². The standard InChI is InChI=1S/C15H25N3O2/c1-5-6-18(7-8-19)14(20)11-9-12(15(2,3)4)17-13(16)10-11/h9-10,19H,5-8H2,1-4H3,(H2,16,17). The van der Waals surface area contributed by atoms with Crippen molar-refractivity contribution in [3.8, 4) is 0 Å². The third-order valence-electron chi connectivity index (χ3n) is 3.01. The summed E-state index contributed by atoms with van der Waals surface area (Å²) in [7, 11) is 0. The SMILES string of the molecule is CCCN(CCO)C(=O)c1cc(N)nc(C(C)(C)C)c1. The molecule has 0 atom stereocenters. The number of aliphatic hydroxyl groups is 1. The van der Waals surface area contributed by atoms with Gasteiger partial charge in [0.05, 0.1) is 6.61 Å². The summed E-state index contributed by atoms with van der Waals surface area (Å²) >= 11 is 0. The molecule has 0 unspecified atom stereocenters. The second kappa shape index (κ2) is 6.70. The molecule has 1 amide bonds. The zero-order valence-electron chi connectivity index (χ0n) is 12.8. The van der Waals surface area contributed by atoms with Crippen molar-refractivity contribution >= 4 is 11.7 Å². The lowest BCUT2D eigenvalue weighted by atomic mass is 9.90. The average Bonchev–Trinajstić information content (AvgIpc) is 2.36. The number of rotatable bonds is 5. The topological polar surface area (TPSA) is 79.5 Å². The smallest absolute Gasteiger partial charge is 0.254 e. The maximum absolute atomic E-state index is 12.5. The molecule has 0 fully saturated rings. The highest BCUT2D eigenvalue weighted by Crippen LogP contribution is 2.23. The normalized spacial score (nSPS) is 11.4. The van der Waals surface area contributed by atoms with Crippen molar-refractivity contribution in [2.45, 2.75) is 39.5 Å². The van der Waals surface area contributed by atoms with Gasteiger partial charge >= 0.3 is 0 Å². The van der Waals surface area contributed by atoms with E-state index in [1.807, 2.05) is 27.7 Å². The third kappa shape index (κ3) is 4.20. The van der Waals surface area contributed by atoms with Crippen LogP contribution in [0.2, 0.25) is 0 Å². The summed E-state index contributed by atoms with van der Waals surface area (Å²) in [5.74, 6) is 0.238. The van der Waals surface area contributed by atoms with Gasteiger partial charge in [-0.25, -0.2) is 4.98 Å². The van der Waals surface area contributed by atoms with Crippen molar-refractivity contribution < 1.29 is 9.90 Å². The van der Waals surface area contributed by atoms with Crippen LogP contribution in [0.15, 0.2) is 12.1 Å². The van der Waals surface area contributed by atoms with Crippen LogP contribution in [0.1, 0.15) is 50.2 Å². The van der Waals surface area contributed by atoms with Gasteiger partial charge in [-0.05, 0) is 18.6 Å². The zero-order valence-corrected chi connectivity index (χ0v) is 12.8. The van der Waals surface area contributed by atoms with E-state index in [4.69, 9.17) is 10.8 Å². The molecule has 1 aromatic rings. The molecule has 0 saturated carbocycles. The lowest BCUT2D eigenvalue weighted by Gasteiger charge is -2.23. The quantitative estimate of drug-likeness (QED) is 0.861. The first-order chi connectivity index (χ1) is 9.29. The molecule has 20 heavy (non-hydrogen) atoms. The summed E-state index contributed by atoms with van der Waals surface area (Å²) in [5, 5.41) is 9.07. The summed E-state index contributed by atoms with van der Waals surface area (Å²) < 4.78 is 0. The lowest BCUT2D eigenvalue weighted by Crippen LogP contribution is -2.34. The van der Waals surface area contributed by atoms with Crippen LogP contribution in [-0.2, 0) is 5.41 Å². The molecular formula is C15H25N3O2. The van der Waals surface area contributed by atoms with Gasteiger partial charge in [0.15, 0.2) is 0 Å². The van der Waals surface area contributed by atoms with Crippen molar-refractivity contribution in [1.29, 1.82) is 0 Å². The number of nitrogens with two attached hydrogens (primary N) is 1. The van der Waals surface area contributed by atoms with Crippen LogP contribution in [0.25, 0.3) is 0 Å². The maximum atomic E-state index is 12.5. The van der Waals surface area contributed by atoms with E-state index in [1.54, 1.807) is 17.0 Å². The van der Waals surface area contributed by atoms with E-state index in [0.29, 0.717) is 24.5 Å². The number of anilines is 1. The molecule has 0 aromatic carbocycles. The number of aliphatic hydroxyl groups excluding tert-OH is 1. The van der Waals surface area contributed by atoms with Gasteiger partial charge < -0.3 is 15.7 Å². The number of aromatic nitrogens is 1. The Kier molecular flexibility index (Phi) is 5.51. The molecule has 0 aliphatic rings. The van der Waals surface area contributed by atoms with Gasteiger partial charge in [0.2, 0.25) is 0 Å². The first kappa shape index (κ1) is 16.4. The van der Waals surface area contributed by atoms with E-state index in [2.05, 4.69) is 4.98 Å². The van der Waals surface area contributed by atoms with Gasteiger partial charge in [0.25, 0.3) is 5.91 Å². The minimum atomic E-state index is -0.170. The van der Waals surface area contributed by atoms with E-state index >= 15 is 0 Å². The number of nitrogen functional groups attached to an aromatic ring is 1. The van der Waals surface area contributed by atoms with Gasteiger partial charge in [-0.15, -0.1) is 0 Å². The van der Waals surface area contributed by atoms with Crippen LogP contribution in [0.3, 0.4) is 0 Å². The third-order valence-corrected chi connectivity index (χ3v) is 3.01. The number of nitrogens with zero attached hydrogens (tertiary/aromatic N) is 2. The van der Waals surface area contributed by atoms with E-state index in [-0.39, 0.29) is 17.9 Å². The highest BCUT2D eigenvalue weighted by molar-refractivity contribution is 5.95. The Morgan fingerprint density at radius 3 is 2.50 bits per heavy atom. The molecule has 5 nitrogen and oxygen atoms in total. The summed E-state index contributed by atoms with van der Waals surface area (Å²) in [5.41, 5.74) is 6.97. The average molecular weight is 279 g/mol. The molecule has 1 rings (SSSR count). The molecular weight excluding hydrogens is 254 g/mol. The van der Waals surface area contributed by atoms with Crippen LogP contribution in [0, 0.1) is 0 Å². The largest absolute Gasteiger partial charge is 0.395 e. The van der Waals surface area contributed by atoms with Gasteiger partial charge in [0, 0.05) is 29.8 Å². The summed E-state index contributed by atoms with van der Waals surface area (Å²) in [6.07, 6.45) is 0.846. The number of pyridine rings is 1. The second-order valence-electron chi connectivity index (χ2n) is 5.93. The molecule has 0 bridgehead atoms. The number of hydrogen-bond donors (Lipinski definition) is 2. The van der Waals surface area contributed by atoms with Crippen LogP contribution in [0.5, 0.6) is 0 Å². The summed E-state index contributed by atoms with van der Waals surface area (Å²) in [4.78, 5) is 18.4. The molecule has 0 aliphatic heterocycles. The molecule has 0 saturated heterocycles. The second-order valence-corrected chi connectivity index (χ2v) is 5.93. The lowest BCUT2D eigenvalue weighted by molar-refractivity contribution is 0.0721. The van der Waals surface area contributed by atoms with E-state index in [9.17, 15) is 4.79 Å². The van der Waals surface area contributed by atoms with Crippen molar-refractivity contribution in [1.82, 2.24) is 9.88 Å². The summed E-state index contributed by atoms with van der Waals surface area (Å²) in [6.45, 7) is 8.99. The Bertz CT molecular complexity index is 461. The highest BCUT2D eigenvalue weighted by atomic mass is 16.3. The molecule has 112 valence electrons. The Morgan fingerprint density at radius 2 is 2.00 bits per heavy atom. The number of carbonyl (C=O) groups excluding carboxylic acids is 1. The number of amides is 1. The van der Waals surface area contributed by atoms with Crippen molar-refractivity contribution in [2.75, 3.05) is 25.4 Å². The van der Waals surface area contributed by atoms with Crippen molar-refractivity contribution in [2.24, 2.45) is 0 Å². The maximum Gasteiger partial charge on any atom is 0.254 e. The fourth-order valence-corrected chi connectivity index (χ4v) is 1.95. The molecule has 0 spiro atoms. The van der Waals surface area contributed by atoms with Crippen LogP contribution >= 0.6 is 0 Å². The molecule has 1 aromatic heterocycles. The molecule has 5 heteroatoms. The summed E-state index contributed by atoms with van der Waals surface area (Å²) in [6, 6.07) is 3.39.